The van der Waals surface area contributed by atoms with Crippen molar-refractivity contribution in [2.75, 3.05) is 25.9 Å². The number of nitrogens with two attached hydrogens (primary N) is 1. The fourth-order valence-corrected chi connectivity index (χ4v) is 5.97. The maximum Gasteiger partial charge on any atom is 0.306 e. The Morgan fingerprint density at radius 1 is 1.18 bits per heavy atom. The van der Waals surface area contributed by atoms with E-state index in [9.17, 15) is 18.3 Å². The number of fused-ring (bicyclic) bond motifs is 1. The monoisotopic (exact) mass is 472 g/mol. The van der Waals surface area contributed by atoms with Crippen molar-refractivity contribution in [2.45, 2.75) is 44.1 Å². The van der Waals surface area contributed by atoms with E-state index >= 15 is 0 Å². The van der Waals surface area contributed by atoms with Crippen molar-refractivity contribution in [2.24, 2.45) is 11.7 Å². The minimum atomic E-state index is -3.85. The van der Waals surface area contributed by atoms with E-state index in [4.69, 9.17) is 9.92 Å². The number of aliphatic hydroxyl groups is 1. The molecule has 1 amide bonds. The number of hydrogen-bond acceptors (Lipinski definition) is 6. The standard InChI is InChI=1S/C25H32N2O5S/c1-17-15-27(16-25(29)13-18-7-4-5-8-19(18)14-25)12-11-24(17,2)21-10-6-9-20(23(26)28)22(21)32-33(3,30)31/h4-10,17,29H,11-16H2,1-3H3,(H2,26,28). The zero-order chi connectivity index (χ0) is 24.0. The van der Waals surface area contributed by atoms with Crippen LogP contribution in [0.1, 0.15) is 47.3 Å². The highest BCUT2D eigenvalue weighted by Gasteiger charge is 2.44. The Morgan fingerprint density at radius 3 is 2.36 bits per heavy atom. The third kappa shape index (κ3) is 4.78. The van der Waals surface area contributed by atoms with E-state index in [2.05, 4.69) is 30.9 Å². The Hall–Kier alpha value is -2.42. The molecule has 0 saturated carbocycles. The SMILES string of the molecule is CC1CN(CC2(O)Cc3ccccc3C2)CCC1(C)c1cccc(C(N)=O)c1OS(C)(=O)=O. The molecule has 178 valence electrons. The third-order valence-electron chi connectivity index (χ3n) is 7.37. The number of likely N-dealkylation sites (tertiary alicyclic amines) is 1. The first-order valence-corrected chi connectivity index (χ1v) is 13.1. The molecule has 2 aliphatic rings. The fraction of sp³-hybridized carbons (Fsp3) is 0.480. The van der Waals surface area contributed by atoms with Crippen LogP contribution in [-0.4, -0.2) is 55.8 Å². The summed E-state index contributed by atoms with van der Waals surface area (Å²) in [6.07, 6.45) is 2.99. The number of para-hydroxylation sites is 1. The average molecular weight is 473 g/mol. The van der Waals surface area contributed by atoms with Gasteiger partial charge in [-0.15, -0.1) is 0 Å². The third-order valence-corrected chi connectivity index (χ3v) is 7.84. The Bertz CT molecular complexity index is 1150. The molecular weight excluding hydrogens is 440 g/mol. The van der Waals surface area contributed by atoms with Crippen LogP contribution >= 0.6 is 0 Å². The first kappa shape index (κ1) is 23.7. The molecule has 0 spiro atoms. The zero-order valence-electron chi connectivity index (χ0n) is 19.4. The molecule has 1 heterocycles. The van der Waals surface area contributed by atoms with Gasteiger partial charge in [0.15, 0.2) is 5.75 Å². The first-order valence-electron chi connectivity index (χ1n) is 11.2. The largest absolute Gasteiger partial charge is 0.388 e. The number of piperidine rings is 1. The summed E-state index contributed by atoms with van der Waals surface area (Å²) in [5.41, 5.74) is 7.46. The second kappa shape index (κ2) is 8.42. The molecule has 3 N–H and O–H groups in total. The summed E-state index contributed by atoms with van der Waals surface area (Å²) in [6, 6.07) is 13.2. The van der Waals surface area contributed by atoms with Gasteiger partial charge in [-0.1, -0.05) is 50.2 Å². The summed E-state index contributed by atoms with van der Waals surface area (Å²) < 4.78 is 29.2. The number of hydrogen-bond donors (Lipinski definition) is 2. The van der Waals surface area contributed by atoms with Crippen molar-refractivity contribution in [1.82, 2.24) is 4.90 Å². The van der Waals surface area contributed by atoms with E-state index in [0.717, 1.165) is 25.8 Å². The van der Waals surface area contributed by atoms with Gasteiger partial charge in [0, 0.05) is 36.9 Å². The molecular formula is C25H32N2O5S. The second-order valence-electron chi connectivity index (χ2n) is 9.98. The van der Waals surface area contributed by atoms with Gasteiger partial charge in [-0.25, -0.2) is 0 Å². The Balaban J connectivity index is 1.56. The van der Waals surface area contributed by atoms with Crippen LogP contribution in [0.15, 0.2) is 42.5 Å². The van der Waals surface area contributed by atoms with E-state index < -0.39 is 27.0 Å². The number of benzene rings is 2. The molecule has 0 radical (unpaired) electrons. The molecule has 1 aliphatic carbocycles. The number of carbonyl (C=O) groups is 1. The molecule has 2 aromatic rings. The lowest BCUT2D eigenvalue weighted by Gasteiger charge is -2.47. The van der Waals surface area contributed by atoms with Gasteiger partial charge in [-0.3, -0.25) is 4.79 Å². The lowest BCUT2D eigenvalue weighted by atomic mass is 9.67. The van der Waals surface area contributed by atoms with E-state index in [1.54, 1.807) is 6.07 Å². The molecule has 7 nitrogen and oxygen atoms in total. The number of primary amides is 1. The molecule has 2 unspecified atom stereocenters. The van der Waals surface area contributed by atoms with Gasteiger partial charge in [0.05, 0.1) is 17.4 Å². The molecule has 1 fully saturated rings. The summed E-state index contributed by atoms with van der Waals surface area (Å²) in [5.74, 6) is -0.587. The van der Waals surface area contributed by atoms with Gasteiger partial charge in [-0.05, 0) is 36.1 Å². The quantitative estimate of drug-likeness (QED) is 0.624. The van der Waals surface area contributed by atoms with Crippen LogP contribution in [-0.2, 0) is 28.4 Å². The minimum Gasteiger partial charge on any atom is -0.388 e. The molecule has 2 atom stereocenters. The van der Waals surface area contributed by atoms with Gasteiger partial charge >= 0.3 is 10.1 Å². The van der Waals surface area contributed by atoms with Crippen molar-refractivity contribution in [3.8, 4) is 5.75 Å². The molecule has 1 aliphatic heterocycles. The molecule has 33 heavy (non-hydrogen) atoms. The first-order chi connectivity index (χ1) is 15.4. The predicted octanol–water partition coefficient (Wildman–Crippen LogP) is 2.25. The fourth-order valence-electron chi connectivity index (χ4n) is 5.48. The zero-order valence-corrected chi connectivity index (χ0v) is 20.2. The maximum atomic E-state index is 12.0. The lowest BCUT2D eigenvalue weighted by molar-refractivity contribution is -0.00950. The van der Waals surface area contributed by atoms with Crippen LogP contribution in [0.4, 0.5) is 0 Å². The number of amides is 1. The van der Waals surface area contributed by atoms with Crippen molar-refractivity contribution >= 4 is 16.0 Å². The smallest absolute Gasteiger partial charge is 0.306 e. The van der Waals surface area contributed by atoms with Gasteiger partial charge in [0.1, 0.15) is 0 Å². The van der Waals surface area contributed by atoms with Gasteiger partial charge in [0.2, 0.25) is 0 Å². The summed E-state index contributed by atoms with van der Waals surface area (Å²) in [7, 11) is -3.85. The van der Waals surface area contributed by atoms with Gasteiger partial charge in [0.25, 0.3) is 5.91 Å². The van der Waals surface area contributed by atoms with Crippen LogP contribution in [0.5, 0.6) is 5.75 Å². The van der Waals surface area contributed by atoms with Crippen LogP contribution in [0.2, 0.25) is 0 Å². The van der Waals surface area contributed by atoms with Gasteiger partial charge in [-0.2, -0.15) is 8.42 Å². The molecule has 0 aromatic heterocycles. The second-order valence-corrected chi connectivity index (χ2v) is 11.6. The summed E-state index contributed by atoms with van der Waals surface area (Å²) in [4.78, 5) is 14.3. The maximum absolute atomic E-state index is 12.0. The van der Waals surface area contributed by atoms with Crippen molar-refractivity contribution in [3.63, 3.8) is 0 Å². The van der Waals surface area contributed by atoms with Crippen molar-refractivity contribution in [1.29, 1.82) is 0 Å². The highest BCUT2D eigenvalue weighted by Crippen LogP contribution is 2.45. The van der Waals surface area contributed by atoms with E-state index in [1.807, 2.05) is 18.2 Å². The number of β-amino-alcohol motifs (C(OH)–C–C–N with tert-alkyl or cyclic N) is 1. The number of rotatable bonds is 6. The van der Waals surface area contributed by atoms with Crippen molar-refractivity contribution in [3.05, 3.63) is 64.7 Å². The normalized spacial score (nSPS) is 24.9. The number of nitrogens with zero attached hydrogens (tertiary/aromatic N) is 1. The van der Waals surface area contributed by atoms with Crippen LogP contribution < -0.4 is 9.92 Å². The molecule has 2 aromatic carbocycles. The Kier molecular flexibility index (Phi) is 6.05. The topological polar surface area (TPSA) is 110 Å². The van der Waals surface area contributed by atoms with Crippen LogP contribution in [0.3, 0.4) is 0 Å². The highest BCUT2D eigenvalue weighted by atomic mass is 32.2. The van der Waals surface area contributed by atoms with E-state index in [1.165, 1.54) is 17.2 Å². The van der Waals surface area contributed by atoms with E-state index in [-0.39, 0.29) is 17.2 Å². The summed E-state index contributed by atoms with van der Waals surface area (Å²) >= 11 is 0. The Morgan fingerprint density at radius 2 is 1.82 bits per heavy atom. The lowest BCUT2D eigenvalue weighted by Crippen LogP contribution is -2.52. The van der Waals surface area contributed by atoms with Gasteiger partial charge < -0.3 is 19.9 Å². The summed E-state index contributed by atoms with van der Waals surface area (Å²) in [5, 5.41) is 11.3. The van der Waals surface area contributed by atoms with Crippen LogP contribution in [0.25, 0.3) is 0 Å². The summed E-state index contributed by atoms with van der Waals surface area (Å²) in [6.45, 7) is 6.23. The molecule has 4 rings (SSSR count). The molecule has 1 saturated heterocycles. The number of carbonyl (C=O) groups excluding carboxylic acids is 1. The predicted molar refractivity (Wildman–Crippen MR) is 127 cm³/mol. The Labute approximate surface area is 195 Å². The van der Waals surface area contributed by atoms with Crippen molar-refractivity contribution < 1.29 is 22.5 Å². The molecule has 0 bridgehead atoms. The highest BCUT2D eigenvalue weighted by molar-refractivity contribution is 7.86. The van der Waals surface area contributed by atoms with E-state index in [0.29, 0.717) is 24.9 Å². The molecule has 8 heteroatoms. The average Bonchev–Trinajstić information content (AvgIpc) is 3.05. The van der Waals surface area contributed by atoms with Crippen LogP contribution in [0, 0.1) is 5.92 Å². The minimum absolute atomic E-state index is 0.0279.